The lowest BCUT2D eigenvalue weighted by Crippen LogP contribution is -2.57. The van der Waals surface area contributed by atoms with E-state index in [1.54, 1.807) is 12.1 Å². The quantitative estimate of drug-likeness (QED) is 0.196. The number of phenols is 1. The molecule has 12 heteroatoms. The molecule has 0 saturated heterocycles. The van der Waals surface area contributed by atoms with E-state index in [1.165, 1.54) is 31.6 Å². The molecule has 4 unspecified atom stereocenters. The van der Waals surface area contributed by atoms with Crippen molar-refractivity contribution in [1.82, 2.24) is 25.9 Å². The number of imidazole rings is 1. The van der Waals surface area contributed by atoms with Crippen LogP contribution in [-0.4, -0.2) is 68.0 Å². The minimum absolute atomic E-state index is 0.0344. The molecule has 1 aromatic heterocycles. The molecule has 8 N–H and O–H groups in total. The number of hydrogen-bond acceptors (Lipinski definition) is 7. The maximum Gasteiger partial charge on any atom is 0.326 e. The SMILES string of the molecule is CC(C)CC(NC(=O)C(C)NC(=O)C(Cc1ccc(O)cc1)NC(=O)C(N)Cc1cnc[nH]1)C(=O)O. The molecule has 0 aliphatic rings. The summed E-state index contributed by atoms with van der Waals surface area (Å²) in [5.41, 5.74) is 7.30. The number of amides is 3. The average Bonchev–Trinajstić information content (AvgIpc) is 3.31. The Labute approximate surface area is 209 Å². The summed E-state index contributed by atoms with van der Waals surface area (Å²) in [6.07, 6.45) is 3.47. The molecular weight excluding hydrogens is 468 g/mol. The maximum atomic E-state index is 13.1. The number of aromatic hydroxyl groups is 1. The number of carboxylic acids is 1. The van der Waals surface area contributed by atoms with E-state index in [1.807, 2.05) is 13.8 Å². The van der Waals surface area contributed by atoms with E-state index in [9.17, 15) is 29.4 Å². The first-order valence-electron chi connectivity index (χ1n) is 11.6. The van der Waals surface area contributed by atoms with E-state index in [0.29, 0.717) is 11.3 Å². The number of hydrogen-bond donors (Lipinski definition) is 7. The van der Waals surface area contributed by atoms with Gasteiger partial charge >= 0.3 is 5.97 Å². The number of rotatable bonds is 13. The zero-order valence-corrected chi connectivity index (χ0v) is 20.5. The number of carboxylic acid groups (broad SMARTS) is 1. The van der Waals surface area contributed by atoms with Crippen molar-refractivity contribution in [3.63, 3.8) is 0 Å². The summed E-state index contributed by atoms with van der Waals surface area (Å²) in [6, 6.07) is 1.90. The fraction of sp³-hybridized carbons (Fsp3) is 0.458. The van der Waals surface area contributed by atoms with Gasteiger partial charge in [0.2, 0.25) is 17.7 Å². The van der Waals surface area contributed by atoms with Gasteiger partial charge in [-0.25, -0.2) is 9.78 Å². The lowest BCUT2D eigenvalue weighted by Gasteiger charge is -2.24. The van der Waals surface area contributed by atoms with Crippen LogP contribution < -0.4 is 21.7 Å². The second-order valence-electron chi connectivity index (χ2n) is 9.08. The molecule has 0 aliphatic heterocycles. The molecule has 3 amide bonds. The fourth-order valence-corrected chi connectivity index (χ4v) is 3.45. The van der Waals surface area contributed by atoms with E-state index in [0.717, 1.165) is 0 Å². The van der Waals surface area contributed by atoms with Crippen molar-refractivity contribution in [1.29, 1.82) is 0 Å². The van der Waals surface area contributed by atoms with Gasteiger partial charge in [-0.2, -0.15) is 0 Å². The van der Waals surface area contributed by atoms with Crippen molar-refractivity contribution in [3.05, 3.63) is 48.0 Å². The van der Waals surface area contributed by atoms with Gasteiger partial charge in [-0.1, -0.05) is 26.0 Å². The number of aromatic nitrogens is 2. The number of nitrogens with one attached hydrogen (secondary N) is 4. The van der Waals surface area contributed by atoms with Gasteiger partial charge in [0, 0.05) is 24.7 Å². The van der Waals surface area contributed by atoms with Crippen molar-refractivity contribution in [2.75, 3.05) is 0 Å². The summed E-state index contributed by atoms with van der Waals surface area (Å²) in [7, 11) is 0. The van der Waals surface area contributed by atoms with Crippen molar-refractivity contribution in [2.24, 2.45) is 11.7 Å². The summed E-state index contributed by atoms with van der Waals surface area (Å²) in [6.45, 7) is 5.09. The Morgan fingerprint density at radius 3 is 2.14 bits per heavy atom. The Hall–Kier alpha value is -3.93. The van der Waals surface area contributed by atoms with Crippen LogP contribution in [0.15, 0.2) is 36.8 Å². The first kappa shape index (κ1) is 28.3. The van der Waals surface area contributed by atoms with Gasteiger partial charge in [-0.05, 0) is 37.0 Å². The largest absolute Gasteiger partial charge is 0.508 e. The van der Waals surface area contributed by atoms with Crippen molar-refractivity contribution < 1.29 is 29.4 Å². The number of phenolic OH excluding ortho intramolecular Hbond substituents is 1. The monoisotopic (exact) mass is 502 g/mol. The van der Waals surface area contributed by atoms with Crippen LogP contribution in [0.3, 0.4) is 0 Å². The first-order chi connectivity index (χ1) is 17.0. The summed E-state index contributed by atoms with van der Waals surface area (Å²) < 4.78 is 0. The van der Waals surface area contributed by atoms with Crippen molar-refractivity contribution >= 4 is 23.7 Å². The predicted molar refractivity (Wildman–Crippen MR) is 131 cm³/mol. The minimum atomic E-state index is -1.17. The molecule has 0 saturated carbocycles. The highest BCUT2D eigenvalue weighted by Crippen LogP contribution is 2.12. The van der Waals surface area contributed by atoms with E-state index in [-0.39, 0.29) is 30.9 Å². The van der Waals surface area contributed by atoms with E-state index < -0.39 is 47.9 Å². The predicted octanol–water partition coefficient (Wildman–Crippen LogP) is -0.167. The molecule has 0 aliphatic carbocycles. The molecule has 0 bridgehead atoms. The van der Waals surface area contributed by atoms with E-state index in [4.69, 9.17) is 5.73 Å². The number of benzene rings is 1. The van der Waals surface area contributed by atoms with Crippen LogP contribution in [0, 0.1) is 5.92 Å². The van der Waals surface area contributed by atoms with Crippen molar-refractivity contribution in [2.45, 2.75) is 64.2 Å². The summed E-state index contributed by atoms with van der Waals surface area (Å²) >= 11 is 0. The molecular formula is C24H34N6O6. The van der Waals surface area contributed by atoms with Gasteiger partial charge in [-0.3, -0.25) is 14.4 Å². The number of carbonyl (C=O) groups is 4. The van der Waals surface area contributed by atoms with Gasteiger partial charge in [0.1, 0.15) is 23.9 Å². The van der Waals surface area contributed by atoms with Gasteiger partial charge in [0.15, 0.2) is 0 Å². The van der Waals surface area contributed by atoms with Gasteiger partial charge in [0.25, 0.3) is 0 Å². The molecule has 196 valence electrons. The standard InChI is InChI=1S/C24H34N6O6/c1-13(2)8-20(24(35)36)30-21(32)14(3)28-23(34)19(9-15-4-6-17(31)7-5-15)29-22(33)18(25)10-16-11-26-12-27-16/h4-7,11-14,18-20,31H,8-10,25H2,1-3H3,(H,26,27)(H,28,34)(H,29,33)(H,30,32)(H,35,36). The van der Waals surface area contributed by atoms with Crippen LogP contribution >= 0.6 is 0 Å². The highest BCUT2D eigenvalue weighted by Gasteiger charge is 2.29. The second-order valence-corrected chi connectivity index (χ2v) is 9.08. The van der Waals surface area contributed by atoms with Crippen LogP contribution in [0.25, 0.3) is 0 Å². The van der Waals surface area contributed by atoms with Crippen LogP contribution in [0.5, 0.6) is 5.75 Å². The molecule has 4 atom stereocenters. The minimum Gasteiger partial charge on any atom is -0.508 e. The molecule has 1 aromatic carbocycles. The number of nitrogens with two attached hydrogens (primary N) is 1. The Morgan fingerprint density at radius 2 is 1.58 bits per heavy atom. The highest BCUT2D eigenvalue weighted by molar-refractivity contribution is 5.94. The third kappa shape index (κ3) is 9.02. The van der Waals surface area contributed by atoms with E-state index in [2.05, 4.69) is 25.9 Å². The first-order valence-corrected chi connectivity index (χ1v) is 11.6. The molecule has 0 spiro atoms. The van der Waals surface area contributed by atoms with E-state index >= 15 is 0 Å². The molecule has 1 heterocycles. The fourth-order valence-electron chi connectivity index (χ4n) is 3.45. The third-order valence-corrected chi connectivity index (χ3v) is 5.41. The zero-order valence-electron chi connectivity index (χ0n) is 20.5. The van der Waals surface area contributed by atoms with Gasteiger partial charge in [0.05, 0.1) is 12.4 Å². The Bertz CT molecular complexity index is 1020. The number of aliphatic carboxylic acids is 1. The summed E-state index contributed by atoms with van der Waals surface area (Å²) in [5, 5.41) is 26.5. The van der Waals surface area contributed by atoms with Crippen LogP contribution in [0.2, 0.25) is 0 Å². The maximum absolute atomic E-state index is 13.1. The summed E-state index contributed by atoms with van der Waals surface area (Å²) in [4.78, 5) is 56.6. The second kappa shape index (κ2) is 13.2. The molecule has 12 nitrogen and oxygen atoms in total. The number of nitrogens with zero attached hydrogens (tertiary/aromatic N) is 1. The lowest BCUT2D eigenvalue weighted by atomic mass is 10.0. The molecule has 0 fully saturated rings. The highest BCUT2D eigenvalue weighted by atomic mass is 16.4. The Balaban J connectivity index is 2.10. The van der Waals surface area contributed by atoms with Crippen LogP contribution in [-0.2, 0) is 32.0 Å². The average molecular weight is 503 g/mol. The van der Waals surface area contributed by atoms with Gasteiger partial charge in [-0.15, -0.1) is 0 Å². The topological polar surface area (TPSA) is 200 Å². The molecule has 2 aromatic rings. The van der Waals surface area contributed by atoms with Crippen molar-refractivity contribution in [3.8, 4) is 5.75 Å². The Kier molecular flexibility index (Phi) is 10.4. The number of carbonyl (C=O) groups excluding carboxylic acids is 3. The van der Waals surface area contributed by atoms with Gasteiger partial charge < -0.3 is 36.9 Å². The lowest BCUT2D eigenvalue weighted by molar-refractivity contribution is -0.142. The smallest absolute Gasteiger partial charge is 0.326 e. The summed E-state index contributed by atoms with van der Waals surface area (Å²) in [5.74, 6) is -2.98. The normalized spacial score (nSPS) is 14.4. The van der Waals surface area contributed by atoms with Crippen LogP contribution in [0.4, 0.5) is 0 Å². The zero-order chi connectivity index (χ0) is 26.8. The third-order valence-electron chi connectivity index (χ3n) is 5.41. The molecule has 2 rings (SSSR count). The number of H-pyrrole nitrogens is 1. The molecule has 36 heavy (non-hydrogen) atoms. The van der Waals surface area contributed by atoms with Crippen LogP contribution in [0.1, 0.15) is 38.4 Å². The Morgan fingerprint density at radius 1 is 0.944 bits per heavy atom. The number of aromatic amines is 1. The molecule has 0 radical (unpaired) electrons.